The number of likely N-dealkylation sites (tertiary alicyclic amines) is 1. The Morgan fingerprint density at radius 2 is 1.36 bits per heavy atom. The Labute approximate surface area is 319 Å². The van der Waals surface area contributed by atoms with E-state index in [0.29, 0.717) is 24.7 Å². The fraction of sp³-hybridized carbons (Fsp3) is 0.395. The lowest BCUT2D eigenvalue weighted by Gasteiger charge is -2.46. The third-order valence-corrected chi connectivity index (χ3v) is 11.3. The van der Waals surface area contributed by atoms with E-state index in [9.17, 15) is 9.59 Å². The van der Waals surface area contributed by atoms with Gasteiger partial charge in [-0.1, -0.05) is 18.6 Å². The Bertz CT molecular complexity index is 2160. The van der Waals surface area contributed by atoms with Crippen molar-refractivity contribution in [2.24, 2.45) is 5.92 Å². The number of carbonyl (C=O) groups excluding carboxylic acids is 1. The molecule has 4 aromatic heterocycles. The van der Waals surface area contributed by atoms with Crippen LogP contribution in [0.2, 0.25) is 0 Å². The molecule has 0 radical (unpaired) electrons. The minimum atomic E-state index is -0.989. The second-order valence-corrected chi connectivity index (χ2v) is 15.0. The van der Waals surface area contributed by atoms with Gasteiger partial charge in [-0.05, 0) is 106 Å². The number of nitrogens with one attached hydrogen (secondary N) is 3. The molecule has 3 saturated heterocycles. The third kappa shape index (κ3) is 8.76. The Morgan fingerprint density at radius 3 is 1.98 bits per heavy atom. The van der Waals surface area contributed by atoms with E-state index >= 15 is 0 Å². The van der Waals surface area contributed by atoms with Crippen LogP contribution in [0.4, 0.5) is 0 Å². The topological polar surface area (TPSA) is 149 Å². The predicted molar refractivity (Wildman–Crippen MR) is 209 cm³/mol. The molecule has 9 rings (SSSR count). The van der Waals surface area contributed by atoms with Gasteiger partial charge in [-0.2, -0.15) is 0 Å². The summed E-state index contributed by atoms with van der Waals surface area (Å²) < 4.78 is 21.8. The number of carboxylic acid groups (broad SMARTS) is 1. The van der Waals surface area contributed by atoms with E-state index in [1.54, 1.807) is 31.1 Å². The highest BCUT2D eigenvalue weighted by atomic mass is 16.5. The lowest BCUT2D eigenvalue weighted by molar-refractivity contribution is 0.0351. The van der Waals surface area contributed by atoms with Crippen molar-refractivity contribution >= 4 is 33.7 Å². The van der Waals surface area contributed by atoms with E-state index in [0.717, 1.165) is 76.6 Å². The van der Waals surface area contributed by atoms with Crippen molar-refractivity contribution in [2.45, 2.75) is 70.2 Å². The number of rotatable bonds is 11. The van der Waals surface area contributed by atoms with Gasteiger partial charge in [0, 0.05) is 64.7 Å². The monoisotopic (exact) mass is 747 g/mol. The van der Waals surface area contributed by atoms with Crippen LogP contribution in [0.1, 0.15) is 77.0 Å². The number of H-pyrrole nitrogens is 2. The zero-order chi connectivity index (χ0) is 37.6. The van der Waals surface area contributed by atoms with Crippen LogP contribution in [0.3, 0.4) is 0 Å². The fourth-order valence-electron chi connectivity index (χ4n) is 8.46. The molecule has 2 aromatic carbocycles. The molecule has 3 fully saturated rings. The largest absolute Gasteiger partial charge is 0.488 e. The van der Waals surface area contributed by atoms with Crippen molar-refractivity contribution in [3.63, 3.8) is 0 Å². The molecule has 0 bridgehead atoms. The molecule has 7 heterocycles. The first-order valence-corrected chi connectivity index (χ1v) is 19.5. The van der Waals surface area contributed by atoms with E-state index in [2.05, 4.69) is 25.1 Å². The van der Waals surface area contributed by atoms with Crippen molar-refractivity contribution in [3.8, 4) is 11.5 Å². The Kier molecular flexibility index (Phi) is 11.2. The SMILES string of the molecule is O=C(NC1CCN(C[C@@H]2CCCN3CCCC[C@H]23)CC1)c1cc2c(OCc3ccoc3)cccc2[nH]1.O=C(O)c1cc2c(OCc3ccoc3)cccc2[nH]1. The number of piperidine rings is 3. The molecule has 0 spiro atoms. The van der Waals surface area contributed by atoms with Crippen LogP contribution in [0.25, 0.3) is 21.8 Å². The first-order valence-electron chi connectivity index (χ1n) is 19.5. The average Bonchev–Trinajstić information content (AvgIpc) is 4.05. The number of fused-ring (bicyclic) bond motifs is 3. The number of ether oxygens (including phenoxy) is 2. The molecule has 288 valence electrons. The van der Waals surface area contributed by atoms with E-state index in [4.69, 9.17) is 23.4 Å². The van der Waals surface area contributed by atoms with Gasteiger partial charge in [0.05, 0.1) is 25.1 Å². The summed E-state index contributed by atoms with van der Waals surface area (Å²) in [5.41, 5.74) is 4.28. The van der Waals surface area contributed by atoms with Crippen molar-refractivity contribution in [1.29, 1.82) is 0 Å². The number of carbonyl (C=O) groups is 2. The summed E-state index contributed by atoms with van der Waals surface area (Å²) in [6.45, 7) is 6.80. The molecule has 55 heavy (non-hydrogen) atoms. The van der Waals surface area contributed by atoms with Crippen LogP contribution in [-0.2, 0) is 13.2 Å². The standard InChI is InChI=1S/C29H38N4O3.C14H11NO4/c34-29(26-17-24-25(31-26)6-3-8-28(24)36-20-21-11-16-35-19-21)30-23-9-14-32(15-10-23)18-22-5-4-13-33-12-2-1-7-27(22)33;16-14(17)12-6-10-11(15-12)2-1-3-13(10)19-8-9-4-5-18-7-9/h3,6,8,11,16-17,19,22-23,27,31H,1-2,4-5,7,9-10,12-15,18,20H2,(H,30,34);1-7,15H,8H2,(H,16,17)/t22-,27+;/m0./s1. The average molecular weight is 748 g/mol. The van der Waals surface area contributed by atoms with Gasteiger partial charge >= 0.3 is 5.97 Å². The maximum atomic E-state index is 13.1. The Morgan fingerprint density at radius 1 is 0.745 bits per heavy atom. The number of benzene rings is 2. The summed E-state index contributed by atoms with van der Waals surface area (Å²) in [7, 11) is 0. The van der Waals surface area contributed by atoms with Crippen LogP contribution in [0.15, 0.2) is 94.6 Å². The molecule has 0 unspecified atom stereocenters. The first kappa shape index (κ1) is 36.5. The van der Waals surface area contributed by atoms with Gasteiger partial charge in [-0.15, -0.1) is 0 Å². The van der Waals surface area contributed by atoms with Crippen LogP contribution in [0, 0.1) is 5.92 Å². The van der Waals surface area contributed by atoms with E-state index < -0.39 is 5.97 Å². The smallest absolute Gasteiger partial charge is 0.352 e. The van der Waals surface area contributed by atoms with Gasteiger partial charge in [0.15, 0.2) is 0 Å². The fourth-order valence-corrected chi connectivity index (χ4v) is 8.46. The lowest BCUT2D eigenvalue weighted by Crippen LogP contribution is -2.52. The summed E-state index contributed by atoms with van der Waals surface area (Å²) >= 11 is 0. The number of aromatic amines is 2. The lowest BCUT2D eigenvalue weighted by atomic mass is 9.83. The number of nitrogens with zero attached hydrogens (tertiary/aromatic N) is 2. The van der Waals surface area contributed by atoms with Crippen LogP contribution >= 0.6 is 0 Å². The second kappa shape index (κ2) is 16.9. The minimum absolute atomic E-state index is 0.0319. The van der Waals surface area contributed by atoms with E-state index in [1.165, 1.54) is 51.7 Å². The maximum absolute atomic E-state index is 13.1. The highest BCUT2D eigenvalue weighted by molar-refractivity contribution is 6.00. The molecular weight excluding hydrogens is 699 g/mol. The highest BCUT2D eigenvalue weighted by Gasteiger charge is 2.34. The normalized spacial score (nSPS) is 19.4. The molecule has 6 aromatic rings. The molecular formula is C43H49N5O7. The molecule has 3 aliphatic heterocycles. The number of hydrogen-bond donors (Lipinski definition) is 4. The second-order valence-electron chi connectivity index (χ2n) is 15.0. The summed E-state index contributed by atoms with van der Waals surface area (Å²) in [5.74, 6) is 1.20. The molecule has 12 heteroatoms. The molecule has 3 aliphatic rings. The number of amides is 1. The predicted octanol–water partition coefficient (Wildman–Crippen LogP) is 7.84. The van der Waals surface area contributed by atoms with Gasteiger partial charge in [0.25, 0.3) is 5.91 Å². The van der Waals surface area contributed by atoms with Crippen molar-refractivity contribution in [1.82, 2.24) is 25.1 Å². The maximum Gasteiger partial charge on any atom is 0.352 e. The van der Waals surface area contributed by atoms with Gasteiger partial charge in [0.1, 0.15) is 36.1 Å². The number of hydrogen-bond acceptors (Lipinski definition) is 8. The van der Waals surface area contributed by atoms with Gasteiger partial charge in [-0.25, -0.2) is 4.79 Å². The van der Waals surface area contributed by atoms with Crippen LogP contribution in [-0.4, -0.2) is 81.6 Å². The van der Waals surface area contributed by atoms with Crippen LogP contribution < -0.4 is 14.8 Å². The summed E-state index contributed by atoms with van der Waals surface area (Å²) in [4.78, 5) is 35.5. The zero-order valence-corrected chi connectivity index (χ0v) is 31.0. The minimum Gasteiger partial charge on any atom is -0.488 e. The van der Waals surface area contributed by atoms with Crippen molar-refractivity contribution in [3.05, 3.63) is 108 Å². The van der Waals surface area contributed by atoms with Gasteiger partial charge in [0.2, 0.25) is 0 Å². The zero-order valence-electron chi connectivity index (χ0n) is 31.0. The number of furan rings is 2. The molecule has 4 N–H and O–H groups in total. The van der Waals surface area contributed by atoms with E-state index in [-0.39, 0.29) is 17.6 Å². The Balaban J connectivity index is 0.000000189. The van der Waals surface area contributed by atoms with E-state index in [1.807, 2.05) is 54.6 Å². The van der Waals surface area contributed by atoms with Crippen molar-refractivity contribution in [2.75, 3.05) is 32.7 Å². The van der Waals surface area contributed by atoms with Gasteiger partial charge < -0.3 is 48.5 Å². The Hall–Kier alpha value is -5.46. The summed E-state index contributed by atoms with van der Waals surface area (Å²) in [5, 5.41) is 13.9. The molecule has 0 saturated carbocycles. The number of carboxylic acids is 1. The molecule has 2 atom stereocenters. The molecule has 0 aliphatic carbocycles. The number of aromatic nitrogens is 2. The quantitative estimate of drug-likeness (QED) is 0.104. The van der Waals surface area contributed by atoms with Gasteiger partial charge in [-0.3, -0.25) is 4.79 Å². The molecule has 12 nitrogen and oxygen atoms in total. The van der Waals surface area contributed by atoms with Crippen molar-refractivity contribution < 1.29 is 33.0 Å². The highest BCUT2D eigenvalue weighted by Crippen LogP contribution is 2.33. The summed E-state index contributed by atoms with van der Waals surface area (Å²) in [6, 6.07) is 19.5. The van der Waals surface area contributed by atoms with Crippen LogP contribution in [0.5, 0.6) is 11.5 Å². The number of aromatic carboxylic acids is 1. The summed E-state index contributed by atoms with van der Waals surface area (Å²) in [6.07, 6.45) is 15.5. The first-order chi connectivity index (χ1) is 27.0. The third-order valence-electron chi connectivity index (χ3n) is 11.3. The molecule has 1 amide bonds.